The van der Waals surface area contributed by atoms with Crippen LogP contribution in [-0.2, 0) is 13.1 Å². The summed E-state index contributed by atoms with van der Waals surface area (Å²) in [4.78, 5) is 0. The van der Waals surface area contributed by atoms with Crippen LogP contribution in [0.1, 0.15) is 31.1 Å². The summed E-state index contributed by atoms with van der Waals surface area (Å²) in [7, 11) is 0. The Labute approximate surface area is 128 Å². The number of hydrogen-bond donors (Lipinski definition) is 1. The third kappa shape index (κ3) is 4.70. The van der Waals surface area contributed by atoms with E-state index < -0.39 is 6.43 Å². The molecule has 2 rings (SSSR count). The van der Waals surface area contributed by atoms with E-state index in [1.165, 1.54) is 4.68 Å². The topological polar surface area (TPSA) is 47.7 Å². The van der Waals surface area contributed by atoms with Crippen LogP contribution in [0.25, 0.3) is 0 Å². The van der Waals surface area contributed by atoms with Gasteiger partial charge in [-0.2, -0.15) is 10.2 Å². The summed E-state index contributed by atoms with van der Waals surface area (Å²) in [6, 6.07) is 0.316. The molecule has 0 amide bonds. The number of alkyl halides is 2. The summed E-state index contributed by atoms with van der Waals surface area (Å²) in [6.07, 6.45) is 2.73. The smallest absolute Gasteiger partial charge is 0.257 e. The number of aromatic nitrogens is 4. The van der Waals surface area contributed by atoms with E-state index in [1.807, 2.05) is 17.8 Å². The molecular formula is C13H20ClF2N5. The van der Waals surface area contributed by atoms with E-state index in [-0.39, 0.29) is 19.0 Å². The maximum Gasteiger partial charge on any atom is 0.257 e. The van der Waals surface area contributed by atoms with Gasteiger partial charge < -0.3 is 5.32 Å². The van der Waals surface area contributed by atoms with Gasteiger partial charge in [0.05, 0.1) is 17.6 Å². The number of nitrogens with one attached hydrogen (secondary N) is 1. The van der Waals surface area contributed by atoms with Gasteiger partial charge in [-0.3, -0.25) is 9.36 Å². The second-order valence-electron chi connectivity index (χ2n) is 5.01. The SMILES string of the molecule is Cc1nn(C(C)C)cc1CNc1cnn(CC(F)F)c1.Cl. The third-order valence-electron chi connectivity index (χ3n) is 2.99. The zero-order valence-corrected chi connectivity index (χ0v) is 13.1. The Balaban J connectivity index is 0.00000220. The van der Waals surface area contributed by atoms with Gasteiger partial charge in [0.15, 0.2) is 0 Å². The van der Waals surface area contributed by atoms with Crippen molar-refractivity contribution in [2.75, 3.05) is 5.32 Å². The van der Waals surface area contributed by atoms with E-state index in [0.717, 1.165) is 16.9 Å². The van der Waals surface area contributed by atoms with Crippen LogP contribution < -0.4 is 5.32 Å². The van der Waals surface area contributed by atoms with Crippen molar-refractivity contribution in [1.82, 2.24) is 19.6 Å². The lowest BCUT2D eigenvalue weighted by Gasteiger charge is -2.03. The van der Waals surface area contributed by atoms with Gasteiger partial charge in [0.25, 0.3) is 6.43 Å². The predicted octanol–water partition coefficient (Wildman–Crippen LogP) is 3.27. The molecule has 0 bridgehead atoms. The molecule has 0 radical (unpaired) electrons. The quantitative estimate of drug-likeness (QED) is 0.889. The highest BCUT2D eigenvalue weighted by Crippen LogP contribution is 2.13. The number of rotatable bonds is 6. The maximum atomic E-state index is 12.2. The molecule has 0 saturated heterocycles. The normalized spacial score (nSPS) is 11.0. The van der Waals surface area contributed by atoms with Crippen LogP contribution in [0.4, 0.5) is 14.5 Å². The molecule has 2 heterocycles. The molecule has 0 spiro atoms. The molecule has 2 aromatic rings. The largest absolute Gasteiger partial charge is 0.378 e. The monoisotopic (exact) mass is 319 g/mol. The summed E-state index contributed by atoms with van der Waals surface area (Å²) < 4.78 is 27.6. The first kappa shape index (κ1) is 17.4. The standard InChI is InChI=1S/C13H19F2N5.ClH/c1-9(2)20-6-11(10(3)18-20)4-16-12-5-17-19(7-12)8-13(14)15;/h5-7,9,13,16H,4,8H2,1-3H3;1H. The van der Waals surface area contributed by atoms with E-state index >= 15 is 0 Å². The van der Waals surface area contributed by atoms with Crippen molar-refractivity contribution in [2.45, 2.75) is 46.3 Å². The Kier molecular flexibility index (Phi) is 6.14. The number of hydrogen-bond acceptors (Lipinski definition) is 3. The molecule has 0 saturated carbocycles. The van der Waals surface area contributed by atoms with Crippen LogP contribution in [0.3, 0.4) is 0 Å². The number of nitrogens with zero attached hydrogens (tertiary/aromatic N) is 4. The highest BCUT2D eigenvalue weighted by Gasteiger charge is 2.08. The highest BCUT2D eigenvalue weighted by atomic mass is 35.5. The molecule has 0 aromatic carbocycles. The fraction of sp³-hybridized carbons (Fsp3) is 0.538. The summed E-state index contributed by atoms with van der Waals surface area (Å²) >= 11 is 0. The van der Waals surface area contributed by atoms with Gasteiger partial charge in [-0.05, 0) is 20.8 Å². The molecule has 0 aliphatic rings. The van der Waals surface area contributed by atoms with Gasteiger partial charge in [-0.1, -0.05) is 0 Å². The molecule has 0 unspecified atom stereocenters. The minimum absolute atomic E-state index is 0. The number of halogens is 3. The average Bonchev–Trinajstić information content (AvgIpc) is 2.93. The molecule has 0 aliphatic carbocycles. The first-order chi connectivity index (χ1) is 9.45. The lowest BCUT2D eigenvalue weighted by Crippen LogP contribution is -2.06. The van der Waals surface area contributed by atoms with E-state index in [9.17, 15) is 8.78 Å². The van der Waals surface area contributed by atoms with Gasteiger partial charge in [0, 0.05) is 30.5 Å². The van der Waals surface area contributed by atoms with E-state index in [1.54, 1.807) is 12.4 Å². The van der Waals surface area contributed by atoms with Crippen LogP contribution in [-0.4, -0.2) is 26.0 Å². The van der Waals surface area contributed by atoms with Gasteiger partial charge in [-0.25, -0.2) is 8.78 Å². The predicted molar refractivity (Wildman–Crippen MR) is 80.2 cm³/mol. The molecule has 21 heavy (non-hydrogen) atoms. The number of anilines is 1. The average molecular weight is 320 g/mol. The zero-order chi connectivity index (χ0) is 14.7. The van der Waals surface area contributed by atoms with Crippen LogP contribution in [0, 0.1) is 6.92 Å². The van der Waals surface area contributed by atoms with Crippen LogP contribution >= 0.6 is 12.4 Å². The van der Waals surface area contributed by atoms with Crippen LogP contribution in [0.15, 0.2) is 18.6 Å². The Morgan fingerprint density at radius 2 is 2.00 bits per heavy atom. The summed E-state index contributed by atoms with van der Waals surface area (Å²) in [5.74, 6) is 0. The molecule has 1 N–H and O–H groups in total. The van der Waals surface area contributed by atoms with E-state index in [4.69, 9.17) is 0 Å². The summed E-state index contributed by atoms with van der Waals surface area (Å²) in [5, 5.41) is 11.5. The van der Waals surface area contributed by atoms with Gasteiger partial charge in [0.1, 0.15) is 6.54 Å². The van der Waals surface area contributed by atoms with Crippen molar-refractivity contribution in [1.29, 1.82) is 0 Å². The molecule has 118 valence electrons. The fourth-order valence-corrected chi connectivity index (χ4v) is 1.85. The zero-order valence-electron chi connectivity index (χ0n) is 12.3. The van der Waals surface area contributed by atoms with Gasteiger partial charge in [-0.15, -0.1) is 12.4 Å². The van der Waals surface area contributed by atoms with Crippen LogP contribution in [0.2, 0.25) is 0 Å². The maximum absolute atomic E-state index is 12.2. The fourth-order valence-electron chi connectivity index (χ4n) is 1.85. The van der Waals surface area contributed by atoms with Crippen molar-refractivity contribution < 1.29 is 8.78 Å². The van der Waals surface area contributed by atoms with Crippen LogP contribution in [0.5, 0.6) is 0 Å². The van der Waals surface area contributed by atoms with E-state index in [0.29, 0.717) is 12.6 Å². The highest BCUT2D eigenvalue weighted by molar-refractivity contribution is 5.85. The Hall–Kier alpha value is -1.63. The second-order valence-corrected chi connectivity index (χ2v) is 5.01. The Bertz CT molecular complexity index is 565. The van der Waals surface area contributed by atoms with Crippen molar-refractivity contribution in [3.8, 4) is 0 Å². The van der Waals surface area contributed by atoms with Crippen molar-refractivity contribution in [3.05, 3.63) is 29.8 Å². The van der Waals surface area contributed by atoms with Crippen molar-refractivity contribution >= 4 is 18.1 Å². The lowest BCUT2D eigenvalue weighted by atomic mass is 10.2. The lowest BCUT2D eigenvalue weighted by molar-refractivity contribution is 0.122. The Morgan fingerprint density at radius 1 is 1.29 bits per heavy atom. The van der Waals surface area contributed by atoms with Crippen molar-refractivity contribution in [3.63, 3.8) is 0 Å². The molecule has 2 aromatic heterocycles. The first-order valence-electron chi connectivity index (χ1n) is 6.55. The van der Waals surface area contributed by atoms with E-state index in [2.05, 4.69) is 29.4 Å². The van der Waals surface area contributed by atoms with Crippen molar-refractivity contribution in [2.24, 2.45) is 0 Å². The summed E-state index contributed by atoms with van der Waals surface area (Å²) in [5.41, 5.74) is 2.77. The van der Waals surface area contributed by atoms with Gasteiger partial charge in [0.2, 0.25) is 0 Å². The molecule has 5 nitrogen and oxygen atoms in total. The van der Waals surface area contributed by atoms with Gasteiger partial charge >= 0.3 is 0 Å². The molecule has 0 aliphatic heterocycles. The Morgan fingerprint density at radius 3 is 2.57 bits per heavy atom. The molecule has 0 atom stereocenters. The molecular weight excluding hydrogens is 300 g/mol. The minimum Gasteiger partial charge on any atom is -0.378 e. The molecule has 0 fully saturated rings. The minimum atomic E-state index is -2.39. The first-order valence-corrected chi connectivity index (χ1v) is 6.55. The number of aryl methyl sites for hydroxylation is 1. The summed E-state index contributed by atoms with van der Waals surface area (Å²) in [6.45, 7) is 6.30. The third-order valence-corrected chi connectivity index (χ3v) is 2.99. The second kappa shape index (κ2) is 7.40. The molecule has 8 heteroatoms.